The van der Waals surface area contributed by atoms with Crippen LogP contribution >= 0.6 is 11.3 Å². The molecule has 0 aliphatic carbocycles. The topological polar surface area (TPSA) is 118 Å². The summed E-state index contributed by atoms with van der Waals surface area (Å²) in [6, 6.07) is 5.60. The lowest BCUT2D eigenvalue weighted by Gasteiger charge is -2.26. The number of fused-ring (bicyclic) bond motifs is 3. The molecular formula is C22H24N8OS. The molecular weight excluding hydrogens is 424 g/mol. The SMILES string of the molecule is COc1cc(N)c(C=N)cc1Nc1ncnc2sc3c(c12)CCN(Cc1ccn(C)n1)C3. The molecule has 32 heavy (non-hydrogen) atoms. The summed E-state index contributed by atoms with van der Waals surface area (Å²) in [6.07, 6.45) is 5.72. The van der Waals surface area contributed by atoms with Crippen LogP contribution in [0.1, 0.15) is 21.7 Å². The van der Waals surface area contributed by atoms with Crippen molar-refractivity contribution in [2.45, 2.75) is 19.5 Å². The Balaban J connectivity index is 1.47. The van der Waals surface area contributed by atoms with E-state index >= 15 is 0 Å². The van der Waals surface area contributed by atoms with Gasteiger partial charge in [-0.3, -0.25) is 9.58 Å². The highest BCUT2D eigenvalue weighted by atomic mass is 32.1. The van der Waals surface area contributed by atoms with Crippen LogP contribution in [0.25, 0.3) is 10.2 Å². The monoisotopic (exact) mass is 448 g/mol. The first kappa shape index (κ1) is 20.4. The van der Waals surface area contributed by atoms with E-state index in [-0.39, 0.29) is 0 Å². The van der Waals surface area contributed by atoms with Gasteiger partial charge in [-0.15, -0.1) is 11.3 Å². The molecule has 4 N–H and O–H groups in total. The molecule has 0 atom stereocenters. The molecule has 1 aromatic carbocycles. The average Bonchev–Trinajstić information content (AvgIpc) is 3.37. The van der Waals surface area contributed by atoms with E-state index in [1.807, 2.05) is 24.0 Å². The van der Waals surface area contributed by atoms with Gasteiger partial charge in [-0.2, -0.15) is 5.10 Å². The highest BCUT2D eigenvalue weighted by Crippen LogP contribution is 2.40. The normalized spacial score (nSPS) is 13.8. The fraction of sp³-hybridized carbons (Fsp3) is 0.273. The van der Waals surface area contributed by atoms with Crippen LogP contribution in [-0.2, 0) is 26.6 Å². The Morgan fingerprint density at radius 2 is 2.22 bits per heavy atom. The van der Waals surface area contributed by atoms with E-state index in [4.69, 9.17) is 15.9 Å². The standard InChI is InChI=1S/C22H24N8OS/c1-29-5-3-14(28-29)10-30-6-4-15-19(11-30)32-22-20(15)21(25-12-26-22)27-17-7-13(9-23)16(24)8-18(17)31-2/h3,5,7-9,12,23H,4,6,10-11,24H2,1-2H3,(H,25,26,27). The third-order valence-corrected chi connectivity index (χ3v) is 6.81. The number of anilines is 3. The maximum absolute atomic E-state index is 7.61. The fourth-order valence-corrected chi connectivity index (χ4v) is 5.35. The van der Waals surface area contributed by atoms with Crippen molar-refractivity contribution in [1.29, 1.82) is 5.41 Å². The van der Waals surface area contributed by atoms with Crippen LogP contribution in [0.15, 0.2) is 30.7 Å². The molecule has 1 aliphatic rings. The van der Waals surface area contributed by atoms with E-state index in [1.54, 1.807) is 30.8 Å². The number of nitrogens with one attached hydrogen (secondary N) is 2. The lowest BCUT2D eigenvalue weighted by Crippen LogP contribution is -2.29. The van der Waals surface area contributed by atoms with Gasteiger partial charge < -0.3 is 21.2 Å². The van der Waals surface area contributed by atoms with E-state index in [0.29, 0.717) is 22.7 Å². The molecule has 0 fully saturated rings. The molecule has 4 aromatic rings. The van der Waals surface area contributed by atoms with Crippen molar-refractivity contribution in [3.8, 4) is 5.75 Å². The first-order chi connectivity index (χ1) is 15.6. The Hall–Kier alpha value is -3.50. The van der Waals surface area contributed by atoms with E-state index in [2.05, 4.69) is 31.3 Å². The van der Waals surface area contributed by atoms with Gasteiger partial charge in [0.25, 0.3) is 0 Å². The molecule has 0 amide bonds. The lowest BCUT2D eigenvalue weighted by atomic mass is 10.0. The zero-order valence-corrected chi connectivity index (χ0v) is 18.7. The predicted molar refractivity (Wildman–Crippen MR) is 127 cm³/mol. The van der Waals surface area contributed by atoms with Crippen molar-refractivity contribution in [3.05, 3.63) is 52.4 Å². The molecule has 0 unspecified atom stereocenters. The first-order valence-electron chi connectivity index (χ1n) is 10.3. The second-order valence-electron chi connectivity index (χ2n) is 7.80. The highest BCUT2D eigenvalue weighted by molar-refractivity contribution is 7.19. The van der Waals surface area contributed by atoms with E-state index in [1.165, 1.54) is 16.7 Å². The summed E-state index contributed by atoms with van der Waals surface area (Å²) in [6.45, 7) is 2.66. The molecule has 4 heterocycles. The first-order valence-corrected chi connectivity index (χ1v) is 11.1. The molecule has 5 rings (SSSR count). The summed E-state index contributed by atoms with van der Waals surface area (Å²) in [7, 11) is 3.54. The van der Waals surface area contributed by atoms with Gasteiger partial charge in [0.2, 0.25) is 0 Å². The number of benzene rings is 1. The van der Waals surface area contributed by atoms with Crippen LogP contribution in [-0.4, -0.2) is 44.5 Å². The Bertz CT molecular complexity index is 1310. The third kappa shape index (κ3) is 3.67. The summed E-state index contributed by atoms with van der Waals surface area (Å²) >= 11 is 1.72. The highest BCUT2D eigenvalue weighted by Gasteiger charge is 2.24. The van der Waals surface area contributed by atoms with Crippen LogP contribution in [0.4, 0.5) is 17.2 Å². The molecule has 0 saturated heterocycles. The van der Waals surface area contributed by atoms with Gasteiger partial charge in [-0.25, -0.2) is 9.97 Å². The van der Waals surface area contributed by atoms with Crippen molar-refractivity contribution in [2.75, 3.05) is 24.7 Å². The third-order valence-electron chi connectivity index (χ3n) is 5.68. The molecule has 0 saturated carbocycles. The minimum atomic E-state index is 0.496. The second kappa shape index (κ2) is 8.21. The number of aryl methyl sites for hydroxylation is 1. The minimum absolute atomic E-state index is 0.496. The van der Waals surface area contributed by atoms with Crippen LogP contribution in [0.2, 0.25) is 0 Å². The molecule has 164 valence electrons. The van der Waals surface area contributed by atoms with Crippen LogP contribution in [0, 0.1) is 5.41 Å². The lowest BCUT2D eigenvalue weighted by molar-refractivity contribution is 0.246. The largest absolute Gasteiger partial charge is 0.494 e. The van der Waals surface area contributed by atoms with E-state index in [0.717, 1.165) is 47.8 Å². The summed E-state index contributed by atoms with van der Waals surface area (Å²) in [5.41, 5.74) is 10.2. The number of nitrogen functional groups attached to an aromatic ring is 1. The molecule has 0 radical (unpaired) electrons. The summed E-state index contributed by atoms with van der Waals surface area (Å²) in [5.74, 6) is 1.34. The molecule has 0 bridgehead atoms. The number of aromatic nitrogens is 4. The van der Waals surface area contributed by atoms with Gasteiger partial charge in [-0.05, 0) is 24.1 Å². The maximum Gasteiger partial charge on any atom is 0.144 e. The summed E-state index contributed by atoms with van der Waals surface area (Å²) in [4.78, 5) is 13.8. The Kier molecular flexibility index (Phi) is 5.24. The number of nitrogens with zero attached hydrogens (tertiary/aromatic N) is 5. The minimum Gasteiger partial charge on any atom is -0.494 e. The van der Waals surface area contributed by atoms with Gasteiger partial charge in [0.1, 0.15) is 22.7 Å². The fourth-order valence-electron chi connectivity index (χ4n) is 4.12. The van der Waals surface area contributed by atoms with Crippen molar-refractivity contribution < 1.29 is 4.74 Å². The number of methoxy groups -OCH3 is 1. The average molecular weight is 449 g/mol. The van der Waals surface area contributed by atoms with Crippen molar-refractivity contribution >= 4 is 45.0 Å². The van der Waals surface area contributed by atoms with Gasteiger partial charge in [-0.1, -0.05) is 0 Å². The van der Waals surface area contributed by atoms with Crippen molar-refractivity contribution in [3.63, 3.8) is 0 Å². The zero-order chi connectivity index (χ0) is 22.2. The number of rotatable bonds is 6. The quantitative estimate of drug-likeness (QED) is 0.306. The smallest absolute Gasteiger partial charge is 0.144 e. The van der Waals surface area contributed by atoms with Gasteiger partial charge in [0.15, 0.2) is 0 Å². The van der Waals surface area contributed by atoms with Crippen LogP contribution in [0.3, 0.4) is 0 Å². The Morgan fingerprint density at radius 3 is 2.97 bits per heavy atom. The number of thiophene rings is 1. The Labute approximate surface area is 189 Å². The second-order valence-corrected chi connectivity index (χ2v) is 8.88. The molecule has 9 nitrogen and oxygen atoms in total. The molecule has 10 heteroatoms. The Morgan fingerprint density at radius 1 is 1.34 bits per heavy atom. The maximum atomic E-state index is 7.61. The summed E-state index contributed by atoms with van der Waals surface area (Å²) in [5, 5.41) is 16.6. The number of nitrogens with two attached hydrogens (primary N) is 1. The van der Waals surface area contributed by atoms with E-state index in [9.17, 15) is 0 Å². The number of ether oxygens (including phenoxy) is 1. The van der Waals surface area contributed by atoms with Gasteiger partial charge >= 0.3 is 0 Å². The van der Waals surface area contributed by atoms with Crippen LogP contribution < -0.4 is 15.8 Å². The van der Waals surface area contributed by atoms with Gasteiger partial charge in [0, 0.05) is 61.3 Å². The molecule has 0 spiro atoms. The molecule has 1 aliphatic heterocycles. The number of hydrogen-bond acceptors (Lipinski definition) is 9. The molecule has 3 aromatic heterocycles. The van der Waals surface area contributed by atoms with E-state index < -0.39 is 0 Å². The predicted octanol–water partition coefficient (Wildman–Crippen LogP) is 3.32. The van der Waals surface area contributed by atoms with Crippen molar-refractivity contribution in [2.24, 2.45) is 7.05 Å². The summed E-state index contributed by atoms with van der Waals surface area (Å²) < 4.78 is 7.34. The number of hydrogen-bond donors (Lipinski definition) is 3. The van der Waals surface area contributed by atoms with Gasteiger partial charge in [0.05, 0.1) is 23.9 Å². The van der Waals surface area contributed by atoms with Crippen molar-refractivity contribution in [1.82, 2.24) is 24.6 Å². The zero-order valence-electron chi connectivity index (χ0n) is 17.9. The van der Waals surface area contributed by atoms with Crippen LogP contribution in [0.5, 0.6) is 5.75 Å².